The third-order valence-corrected chi connectivity index (χ3v) is 3.81. The van der Waals surface area contributed by atoms with E-state index in [2.05, 4.69) is 10.4 Å². The second-order valence-corrected chi connectivity index (χ2v) is 5.68. The maximum atomic E-state index is 13.6. The first-order chi connectivity index (χ1) is 11.6. The Kier molecular flexibility index (Phi) is 4.91. The van der Waals surface area contributed by atoms with Crippen molar-refractivity contribution >= 4 is 17.5 Å². The molecule has 3 rings (SSSR count). The topological polar surface area (TPSA) is 46.9 Å². The minimum atomic E-state index is -0.583. The standard InChI is InChI=1S/C18H15ClFN3O/c19-14-4-7-17(20)16(12-14)18(24)21-10-8-13-2-5-15(6-3-13)23-11-1-9-22-23/h1-7,9,11-12H,8,10H2,(H,21,24). The third-order valence-electron chi connectivity index (χ3n) is 3.58. The summed E-state index contributed by atoms with van der Waals surface area (Å²) in [6, 6.07) is 13.7. The maximum Gasteiger partial charge on any atom is 0.254 e. The van der Waals surface area contributed by atoms with E-state index in [1.165, 1.54) is 18.2 Å². The van der Waals surface area contributed by atoms with E-state index >= 15 is 0 Å². The zero-order valence-corrected chi connectivity index (χ0v) is 13.5. The van der Waals surface area contributed by atoms with E-state index in [4.69, 9.17) is 11.6 Å². The van der Waals surface area contributed by atoms with Gasteiger partial charge in [0.25, 0.3) is 5.91 Å². The normalized spacial score (nSPS) is 10.6. The van der Waals surface area contributed by atoms with Crippen molar-refractivity contribution < 1.29 is 9.18 Å². The Bertz CT molecular complexity index is 832. The molecule has 0 saturated carbocycles. The van der Waals surface area contributed by atoms with Crippen LogP contribution in [0.4, 0.5) is 4.39 Å². The van der Waals surface area contributed by atoms with Crippen LogP contribution >= 0.6 is 11.6 Å². The molecule has 6 heteroatoms. The average molecular weight is 344 g/mol. The fraction of sp³-hybridized carbons (Fsp3) is 0.111. The van der Waals surface area contributed by atoms with E-state index in [1.54, 1.807) is 10.9 Å². The number of rotatable bonds is 5. The van der Waals surface area contributed by atoms with Crippen molar-refractivity contribution in [1.82, 2.24) is 15.1 Å². The Morgan fingerprint density at radius 3 is 2.71 bits per heavy atom. The van der Waals surface area contributed by atoms with Gasteiger partial charge in [-0.05, 0) is 48.4 Å². The molecular weight excluding hydrogens is 329 g/mol. The molecule has 3 aromatic rings. The molecule has 0 bridgehead atoms. The summed E-state index contributed by atoms with van der Waals surface area (Å²) in [5.74, 6) is -1.05. The molecule has 24 heavy (non-hydrogen) atoms. The lowest BCUT2D eigenvalue weighted by atomic mass is 10.1. The molecule has 1 N–H and O–H groups in total. The lowest BCUT2D eigenvalue weighted by molar-refractivity contribution is 0.0950. The van der Waals surface area contributed by atoms with Gasteiger partial charge < -0.3 is 5.32 Å². The second-order valence-electron chi connectivity index (χ2n) is 5.25. The summed E-state index contributed by atoms with van der Waals surface area (Å²) in [5, 5.41) is 7.20. The summed E-state index contributed by atoms with van der Waals surface area (Å²) in [4.78, 5) is 12.0. The molecule has 1 amide bonds. The van der Waals surface area contributed by atoms with Crippen LogP contribution in [-0.4, -0.2) is 22.2 Å². The van der Waals surface area contributed by atoms with Crippen LogP contribution in [0.1, 0.15) is 15.9 Å². The predicted octanol–water partition coefficient (Wildman–Crippen LogP) is 3.64. The van der Waals surface area contributed by atoms with Gasteiger partial charge >= 0.3 is 0 Å². The second kappa shape index (κ2) is 7.27. The number of halogens is 2. The molecule has 1 aromatic heterocycles. The number of hydrogen-bond donors (Lipinski definition) is 1. The molecule has 0 saturated heterocycles. The largest absolute Gasteiger partial charge is 0.352 e. The van der Waals surface area contributed by atoms with Crippen LogP contribution < -0.4 is 5.32 Å². The summed E-state index contributed by atoms with van der Waals surface area (Å²) in [7, 11) is 0. The highest BCUT2D eigenvalue weighted by molar-refractivity contribution is 6.31. The Labute approximate surface area is 143 Å². The van der Waals surface area contributed by atoms with Crippen LogP contribution in [0.2, 0.25) is 5.02 Å². The van der Waals surface area contributed by atoms with Gasteiger partial charge in [-0.3, -0.25) is 4.79 Å². The summed E-state index contributed by atoms with van der Waals surface area (Å²) in [6.45, 7) is 0.409. The highest BCUT2D eigenvalue weighted by atomic mass is 35.5. The van der Waals surface area contributed by atoms with Gasteiger partial charge in [0, 0.05) is 24.0 Å². The quantitative estimate of drug-likeness (QED) is 0.769. The molecule has 122 valence electrons. The van der Waals surface area contributed by atoms with Crippen LogP contribution in [0.3, 0.4) is 0 Å². The summed E-state index contributed by atoms with van der Waals surface area (Å²) >= 11 is 5.79. The van der Waals surface area contributed by atoms with Crippen LogP contribution in [0.15, 0.2) is 60.9 Å². The van der Waals surface area contributed by atoms with E-state index in [-0.39, 0.29) is 5.56 Å². The maximum absolute atomic E-state index is 13.6. The Morgan fingerprint density at radius 1 is 1.21 bits per heavy atom. The summed E-state index contributed by atoms with van der Waals surface area (Å²) in [6.07, 6.45) is 4.24. The highest BCUT2D eigenvalue weighted by Crippen LogP contribution is 2.15. The van der Waals surface area contributed by atoms with Gasteiger partial charge in [-0.25, -0.2) is 9.07 Å². The number of nitrogens with zero attached hydrogens (tertiary/aromatic N) is 2. The molecule has 0 atom stereocenters. The van der Waals surface area contributed by atoms with Crippen molar-refractivity contribution in [2.75, 3.05) is 6.54 Å². The average Bonchev–Trinajstić information content (AvgIpc) is 3.12. The van der Waals surface area contributed by atoms with Gasteiger partial charge in [-0.2, -0.15) is 5.10 Å². The number of carbonyl (C=O) groups is 1. The number of aromatic nitrogens is 2. The van der Waals surface area contributed by atoms with Crippen molar-refractivity contribution in [1.29, 1.82) is 0 Å². The fourth-order valence-corrected chi connectivity index (χ4v) is 2.50. The molecular formula is C18H15ClFN3O. The summed E-state index contributed by atoms with van der Waals surface area (Å²) < 4.78 is 15.4. The van der Waals surface area contributed by atoms with Crippen molar-refractivity contribution in [3.63, 3.8) is 0 Å². The molecule has 0 unspecified atom stereocenters. The van der Waals surface area contributed by atoms with E-state index in [0.29, 0.717) is 18.0 Å². The lowest BCUT2D eigenvalue weighted by Gasteiger charge is -2.07. The number of nitrogens with one attached hydrogen (secondary N) is 1. The number of amides is 1. The minimum Gasteiger partial charge on any atom is -0.352 e. The van der Waals surface area contributed by atoms with Crippen molar-refractivity contribution in [3.8, 4) is 5.69 Å². The Hall–Kier alpha value is -2.66. The first kappa shape index (κ1) is 16.2. The van der Waals surface area contributed by atoms with E-state index in [9.17, 15) is 9.18 Å². The third kappa shape index (κ3) is 3.81. The molecule has 1 heterocycles. The minimum absolute atomic E-state index is 0.0449. The van der Waals surface area contributed by atoms with E-state index in [0.717, 1.165) is 11.3 Å². The van der Waals surface area contributed by atoms with Crippen LogP contribution in [0, 0.1) is 5.82 Å². The zero-order valence-electron chi connectivity index (χ0n) is 12.7. The van der Waals surface area contributed by atoms with Crippen LogP contribution in [0.25, 0.3) is 5.69 Å². The summed E-state index contributed by atoms with van der Waals surface area (Å²) in [5.41, 5.74) is 1.99. The van der Waals surface area contributed by atoms with Gasteiger partial charge in [0.05, 0.1) is 11.3 Å². The molecule has 0 aliphatic rings. The zero-order chi connectivity index (χ0) is 16.9. The smallest absolute Gasteiger partial charge is 0.254 e. The SMILES string of the molecule is O=C(NCCc1ccc(-n2cccn2)cc1)c1cc(Cl)ccc1F. The number of benzene rings is 2. The first-order valence-electron chi connectivity index (χ1n) is 7.46. The van der Waals surface area contributed by atoms with Crippen molar-refractivity contribution in [2.45, 2.75) is 6.42 Å². The van der Waals surface area contributed by atoms with Gasteiger partial charge in [0.15, 0.2) is 0 Å². The Morgan fingerprint density at radius 2 is 2.00 bits per heavy atom. The molecule has 2 aromatic carbocycles. The number of hydrogen-bond acceptors (Lipinski definition) is 2. The molecule has 0 spiro atoms. The lowest BCUT2D eigenvalue weighted by Crippen LogP contribution is -2.26. The molecule has 0 aliphatic carbocycles. The molecule has 4 nitrogen and oxygen atoms in total. The number of carbonyl (C=O) groups excluding carboxylic acids is 1. The van der Waals surface area contributed by atoms with E-state index in [1.807, 2.05) is 36.5 Å². The van der Waals surface area contributed by atoms with Crippen molar-refractivity contribution in [2.24, 2.45) is 0 Å². The highest BCUT2D eigenvalue weighted by Gasteiger charge is 2.11. The predicted molar refractivity (Wildman–Crippen MR) is 91.0 cm³/mol. The van der Waals surface area contributed by atoms with Gasteiger partial charge in [0.1, 0.15) is 5.82 Å². The first-order valence-corrected chi connectivity index (χ1v) is 7.83. The monoisotopic (exact) mass is 343 g/mol. The van der Waals surface area contributed by atoms with E-state index < -0.39 is 11.7 Å². The Balaban J connectivity index is 1.56. The fourth-order valence-electron chi connectivity index (χ4n) is 2.32. The van der Waals surface area contributed by atoms with Crippen LogP contribution in [0.5, 0.6) is 0 Å². The molecule has 0 fully saturated rings. The van der Waals surface area contributed by atoms with Crippen LogP contribution in [-0.2, 0) is 6.42 Å². The molecule has 0 radical (unpaired) electrons. The van der Waals surface area contributed by atoms with Gasteiger partial charge in [-0.15, -0.1) is 0 Å². The van der Waals surface area contributed by atoms with Gasteiger partial charge in [-0.1, -0.05) is 23.7 Å². The van der Waals surface area contributed by atoms with Gasteiger partial charge in [0.2, 0.25) is 0 Å². The molecule has 0 aliphatic heterocycles. The van der Waals surface area contributed by atoms with Crippen molar-refractivity contribution in [3.05, 3.63) is 82.9 Å².